The van der Waals surface area contributed by atoms with Crippen molar-refractivity contribution in [1.29, 1.82) is 0 Å². The number of rotatable bonds is 4. The van der Waals surface area contributed by atoms with Crippen LogP contribution in [0.1, 0.15) is 20.3 Å². The Hall–Kier alpha value is -1.03. The zero-order valence-corrected chi connectivity index (χ0v) is 11.1. The fourth-order valence-corrected chi connectivity index (χ4v) is 2.17. The van der Waals surface area contributed by atoms with Crippen molar-refractivity contribution in [3.8, 4) is 0 Å². The first kappa shape index (κ1) is 13.0. The van der Waals surface area contributed by atoms with Crippen LogP contribution in [0.5, 0.6) is 0 Å². The zero-order valence-electron chi connectivity index (χ0n) is 9.53. The Bertz CT molecular complexity index is 349. The number of anilines is 2. The molecular weight excluding hydrogens is 268 g/mol. The van der Waals surface area contributed by atoms with Crippen LogP contribution in [0.4, 0.5) is 11.4 Å². The van der Waals surface area contributed by atoms with Crippen LogP contribution in [-0.2, 0) is 4.79 Å². The minimum absolute atomic E-state index is 0.0153. The third kappa shape index (κ3) is 4.23. The van der Waals surface area contributed by atoms with Crippen molar-refractivity contribution >= 4 is 33.2 Å². The number of carbonyl (C=O) groups is 1. The minimum atomic E-state index is -0.148. The second-order valence-electron chi connectivity index (χ2n) is 4.21. The van der Waals surface area contributed by atoms with Gasteiger partial charge < -0.3 is 11.1 Å². The lowest BCUT2D eigenvalue weighted by Crippen LogP contribution is -2.24. The highest BCUT2D eigenvalue weighted by Crippen LogP contribution is 2.16. The lowest BCUT2D eigenvalue weighted by atomic mass is 10.1. The van der Waals surface area contributed by atoms with E-state index in [4.69, 9.17) is 5.73 Å². The predicted molar refractivity (Wildman–Crippen MR) is 71.7 cm³/mol. The van der Waals surface area contributed by atoms with Gasteiger partial charge in [-0.25, -0.2) is 0 Å². The van der Waals surface area contributed by atoms with E-state index in [1.807, 2.05) is 0 Å². The number of carbonyl (C=O) groups excluding carboxylic acids is 1. The largest absolute Gasteiger partial charge is 0.399 e. The van der Waals surface area contributed by atoms with Gasteiger partial charge in [0.05, 0.1) is 4.83 Å². The summed E-state index contributed by atoms with van der Waals surface area (Å²) in [6.45, 7) is 4.18. The van der Waals surface area contributed by atoms with Gasteiger partial charge in [-0.15, -0.1) is 0 Å². The first-order chi connectivity index (χ1) is 7.49. The van der Waals surface area contributed by atoms with Crippen LogP contribution in [0.2, 0.25) is 0 Å². The molecule has 1 amide bonds. The molecule has 3 N–H and O–H groups in total. The lowest BCUT2D eigenvalue weighted by molar-refractivity contribution is -0.115. The van der Waals surface area contributed by atoms with Gasteiger partial charge in [-0.3, -0.25) is 4.79 Å². The van der Waals surface area contributed by atoms with Crippen LogP contribution < -0.4 is 11.1 Å². The van der Waals surface area contributed by atoms with Crippen LogP contribution in [-0.4, -0.2) is 10.7 Å². The number of nitrogens with two attached hydrogens (primary N) is 1. The molecule has 88 valence electrons. The quantitative estimate of drug-likeness (QED) is 0.660. The highest BCUT2D eigenvalue weighted by Gasteiger charge is 2.15. The van der Waals surface area contributed by atoms with Gasteiger partial charge >= 0.3 is 0 Å². The number of hydrogen-bond donors (Lipinski definition) is 2. The molecule has 0 aromatic heterocycles. The normalized spacial score (nSPS) is 12.5. The van der Waals surface area contributed by atoms with E-state index in [0.717, 1.165) is 12.1 Å². The first-order valence-electron chi connectivity index (χ1n) is 5.29. The van der Waals surface area contributed by atoms with Gasteiger partial charge in [0.2, 0.25) is 5.91 Å². The summed E-state index contributed by atoms with van der Waals surface area (Å²) in [5.41, 5.74) is 7.02. The zero-order chi connectivity index (χ0) is 12.1. The van der Waals surface area contributed by atoms with Crippen LogP contribution >= 0.6 is 15.9 Å². The third-order valence-corrected chi connectivity index (χ3v) is 2.93. The number of amides is 1. The molecule has 1 rings (SSSR count). The topological polar surface area (TPSA) is 55.1 Å². The van der Waals surface area contributed by atoms with Gasteiger partial charge in [-0.05, 0) is 36.6 Å². The van der Waals surface area contributed by atoms with Crippen LogP contribution in [0.3, 0.4) is 0 Å². The molecule has 0 aliphatic heterocycles. The first-order valence-corrected chi connectivity index (χ1v) is 6.21. The summed E-state index contributed by atoms with van der Waals surface area (Å²) in [7, 11) is 0. The molecule has 0 aliphatic carbocycles. The summed E-state index contributed by atoms with van der Waals surface area (Å²) >= 11 is 3.38. The predicted octanol–water partition coefficient (Wildman–Crippen LogP) is 3.02. The van der Waals surface area contributed by atoms with E-state index in [1.165, 1.54) is 0 Å². The molecule has 3 nitrogen and oxygen atoms in total. The molecule has 0 heterocycles. The Labute approximate surface area is 105 Å². The molecule has 0 spiro atoms. The summed E-state index contributed by atoms with van der Waals surface area (Å²) in [5, 5.41) is 2.83. The standard InChI is InChI=1S/C12H17BrN2O/c1-8(2)7-11(13)12(16)15-10-5-3-9(14)4-6-10/h3-6,8,11H,7,14H2,1-2H3,(H,15,16)/t11-/m0/s1. The minimum Gasteiger partial charge on any atom is -0.399 e. The molecule has 4 heteroatoms. The maximum absolute atomic E-state index is 11.7. The number of halogens is 1. The van der Waals surface area contributed by atoms with E-state index >= 15 is 0 Å². The van der Waals surface area contributed by atoms with Crippen molar-refractivity contribution < 1.29 is 4.79 Å². The number of hydrogen-bond acceptors (Lipinski definition) is 2. The fourth-order valence-electron chi connectivity index (χ4n) is 1.31. The van der Waals surface area contributed by atoms with Crippen LogP contribution in [0, 0.1) is 5.92 Å². The number of nitrogens with one attached hydrogen (secondary N) is 1. The van der Waals surface area contributed by atoms with Gasteiger partial charge in [-0.1, -0.05) is 29.8 Å². The number of alkyl halides is 1. The smallest absolute Gasteiger partial charge is 0.238 e. The molecule has 1 atom stereocenters. The highest BCUT2D eigenvalue weighted by atomic mass is 79.9. The summed E-state index contributed by atoms with van der Waals surface area (Å²) in [5.74, 6) is 0.472. The average molecular weight is 285 g/mol. The Morgan fingerprint density at radius 3 is 2.44 bits per heavy atom. The summed E-state index contributed by atoms with van der Waals surface area (Å²) in [4.78, 5) is 11.6. The summed E-state index contributed by atoms with van der Waals surface area (Å²) < 4.78 is 0. The van der Waals surface area contributed by atoms with E-state index in [2.05, 4.69) is 35.1 Å². The van der Waals surface area contributed by atoms with Crippen molar-refractivity contribution in [3.63, 3.8) is 0 Å². The van der Waals surface area contributed by atoms with Gasteiger partial charge in [0.15, 0.2) is 0 Å². The molecule has 0 saturated carbocycles. The summed E-state index contributed by atoms with van der Waals surface area (Å²) in [6.07, 6.45) is 0.820. The Kier molecular flexibility index (Phi) is 4.80. The number of benzene rings is 1. The third-order valence-electron chi connectivity index (χ3n) is 2.14. The van der Waals surface area contributed by atoms with Crippen molar-refractivity contribution in [2.75, 3.05) is 11.1 Å². The second-order valence-corrected chi connectivity index (χ2v) is 5.31. The monoisotopic (exact) mass is 284 g/mol. The molecule has 0 saturated heterocycles. The van der Waals surface area contributed by atoms with E-state index in [1.54, 1.807) is 24.3 Å². The van der Waals surface area contributed by atoms with E-state index in [0.29, 0.717) is 11.6 Å². The van der Waals surface area contributed by atoms with Crippen molar-refractivity contribution in [1.82, 2.24) is 0 Å². The molecular formula is C12H17BrN2O. The van der Waals surface area contributed by atoms with Crippen LogP contribution in [0.15, 0.2) is 24.3 Å². The molecule has 0 fully saturated rings. The molecule has 1 aromatic rings. The SMILES string of the molecule is CC(C)C[C@H](Br)C(=O)Nc1ccc(N)cc1. The second kappa shape index (κ2) is 5.89. The highest BCUT2D eigenvalue weighted by molar-refractivity contribution is 9.10. The van der Waals surface area contributed by atoms with E-state index in [-0.39, 0.29) is 10.7 Å². The Morgan fingerprint density at radius 2 is 1.94 bits per heavy atom. The number of nitrogen functional groups attached to an aromatic ring is 1. The van der Waals surface area contributed by atoms with Gasteiger partial charge in [0.25, 0.3) is 0 Å². The molecule has 0 radical (unpaired) electrons. The van der Waals surface area contributed by atoms with Gasteiger partial charge in [0.1, 0.15) is 0 Å². The summed E-state index contributed by atoms with van der Waals surface area (Å²) in [6, 6.07) is 7.12. The van der Waals surface area contributed by atoms with Crippen molar-refractivity contribution in [3.05, 3.63) is 24.3 Å². The average Bonchev–Trinajstić information content (AvgIpc) is 2.20. The molecule has 0 unspecified atom stereocenters. The van der Waals surface area contributed by atoms with Crippen molar-refractivity contribution in [2.45, 2.75) is 25.1 Å². The molecule has 1 aromatic carbocycles. The van der Waals surface area contributed by atoms with Crippen LogP contribution in [0.25, 0.3) is 0 Å². The van der Waals surface area contributed by atoms with Gasteiger partial charge in [0, 0.05) is 11.4 Å². The molecule has 0 bridgehead atoms. The maximum Gasteiger partial charge on any atom is 0.238 e. The molecule has 16 heavy (non-hydrogen) atoms. The maximum atomic E-state index is 11.7. The molecule has 0 aliphatic rings. The van der Waals surface area contributed by atoms with E-state index in [9.17, 15) is 4.79 Å². The Balaban J connectivity index is 2.54. The Morgan fingerprint density at radius 1 is 1.38 bits per heavy atom. The van der Waals surface area contributed by atoms with Gasteiger partial charge in [-0.2, -0.15) is 0 Å². The lowest BCUT2D eigenvalue weighted by Gasteiger charge is -2.12. The van der Waals surface area contributed by atoms with Crippen molar-refractivity contribution in [2.24, 2.45) is 5.92 Å². The fraction of sp³-hybridized carbons (Fsp3) is 0.417. The van der Waals surface area contributed by atoms with E-state index < -0.39 is 0 Å².